The Bertz CT molecular complexity index is 771. The van der Waals surface area contributed by atoms with Gasteiger partial charge in [-0.3, -0.25) is 9.59 Å². The lowest BCUT2D eigenvalue weighted by molar-refractivity contribution is -0.116. The molecule has 1 aliphatic rings. The van der Waals surface area contributed by atoms with E-state index in [0.717, 1.165) is 25.2 Å². The van der Waals surface area contributed by atoms with Gasteiger partial charge in [0.05, 0.1) is 0 Å². The highest BCUT2D eigenvalue weighted by Crippen LogP contribution is 2.15. The zero-order chi connectivity index (χ0) is 19.8. The van der Waals surface area contributed by atoms with Gasteiger partial charge in [0.15, 0.2) is 0 Å². The third-order valence-corrected chi connectivity index (χ3v) is 4.98. The number of carbonyl (C=O) groups is 2. The fourth-order valence-corrected chi connectivity index (χ4v) is 3.37. The number of nitrogens with one attached hydrogen (secondary N) is 2. The molecule has 1 aliphatic heterocycles. The summed E-state index contributed by atoms with van der Waals surface area (Å²) in [6, 6.07) is 16.1. The topological polar surface area (TPSA) is 87.5 Å². The zero-order valence-electron chi connectivity index (χ0n) is 16.1. The second kappa shape index (κ2) is 10.0. The monoisotopic (exact) mass is 380 g/mol. The minimum absolute atomic E-state index is 0.0943. The van der Waals surface area contributed by atoms with Crippen LogP contribution in [0.25, 0.3) is 0 Å². The highest BCUT2D eigenvalue weighted by Gasteiger charge is 2.13. The van der Waals surface area contributed by atoms with Crippen molar-refractivity contribution in [2.75, 3.05) is 31.5 Å². The van der Waals surface area contributed by atoms with Crippen LogP contribution in [0, 0.1) is 0 Å². The summed E-state index contributed by atoms with van der Waals surface area (Å²) >= 11 is 0. The molecule has 2 aromatic rings. The molecule has 0 aliphatic carbocycles. The average molecular weight is 380 g/mol. The van der Waals surface area contributed by atoms with Crippen LogP contribution >= 0.6 is 0 Å². The first-order valence-corrected chi connectivity index (χ1v) is 9.83. The quantitative estimate of drug-likeness (QED) is 0.657. The van der Waals surface area contributed by atoms with Crippen LogP contribution in [0.2, 0.25) is 0 Å². The molecule has 1 atom stereocenters. The van der Waals surface area contributed by atoms with Gasteiger partial charge in [-0.15, -0.1) is 0 Å². The van der Waals surface area contributed by atoms with E-state index in [-0.39, 0.29) is 24.3 Å². The Balaban J connectivity index is 1.44. The number of nitrogens with two attached hydrogens (primary N) is 1. The number of likely N-dealkylation sites (tertiary alicyclic amines) is 1. The van der Waals surface area contributed by atoms with Gasteiger partial charge in [0, 0.05) is 36.8 Å². The average Bonchev–Trinajstić information content (AvgIpc) is 3.22. The summed E-state index contributed by atoms with van der Waals surface area (Å²) in [4.78, 5) is 26.8. The number of nitrogens with zero attached hydrogens (tertiary/aromatic N) is 1. The van der Waals surface area contributed by atoms with Crippen LogP contribution in [0.5, 0.6) is 0 Å². The van der Waals surface area contributed by atoms with Crippen LogP contribution in [0.1, 0.15) is 41.2 Å². The smallest absolute Gasteiger partial charge is 0.251 e. The molecule has 3 rings (SSSR count). The molecular weight excluding hydrogens is 352 g/mol. The van der Waals surface area contributed by atoms with E-state index < -0.39 is 0 Å². The summed E-state index contributed by atoms with van der Waals surface area (Å²) in [6.45, 7) is 3.78. The van der Waals surface area contributed by atoms with E-state index >= 15 is 0 Å². The fraction of sp³-hybridized carbons (Fsp3) is 0.364. The highest BCUT2D eigenvalue weighted by atomic mass is 16.2. The van der Waals surface area contributed by atoms with Gasteiger partial charge in [0.25, 0.3) is 5.91 Å². The summed E-state index contributed by atoms with van der Waals surface area (Å²) in [7, 11) is 0. The standard InChI is InChI=1S/C22H28N4O2/c23-20(17-6-2-1-3-7-17)16-21(27)25-19-10-8-18(9-11-19)22(28)24-12-15-26-13-4-5-14-26/h1-3,6-11,20H,4-5,12-16,23H2,(H,24,28)(H,25,27). The minimum Gasteiger partial charge on any atom is -0.351 e. The van der Waals surface area contributed by atoms with Gasteiger partial charge in [-0.05, 0) is 55.8 Å². The SMILES string of the molecule is NC(CC(=O)Nc1ccc(C(=O)NCCN2CCCC2)cc1)c1ccccc1. The second-order valence-corrected chi connectivity index (χ2v) is 7.15. The molecule has 6 heteroatoms. The Morgan fingerprint density at radius 1 is 1.00 bits per heavy atom. The maximum absolute atomic E-state index is 12.2. The van der Waals surface area contributed by atoms with Gasteiger partial charge in [-0.1, -0.05) is 30.3 Å². The molecule has 0 saturated carbocycles. The number of amides is 2. The minimum atomic E-state index is -0.346. The summed E-state index contributed by atoms with van der Waals surface area (Å²) in [6.07, 6.45) is 2.69. The van der Waals surface area contributed by atoms with Crippen molar-refractivity contribution in [3.8, 4) is 0 Å². The van der Waals surface area contributed by atoms with Gasteiger partial charge in [0.2, 0.25) is 5.91 Å². The van der Waals surface area contributed by atoms with Crippen molar-refractivity contribution >= 4 is 17.5 Å². The molecule has 0 aromatic heterocycles. The van der Waals surface area contributed by atoms with Crippen molar-refractivity contribution in [1.29, 1.82) is 0 Å². The van der Waals surface area contributed by atoms with Crippen LogP contribution in [-0.2, 0) is 4.79 Å². The predicted octanol–water partition coefficient (Wildman–Crippen LogP) is 2.54. The lowest BCUT2D eigenvalue weighted by Gasteiger charge is -2.15. The largest absolute Gasteiger partial charge is 0.351 e. The predicted molar refractivity (Wildman–Crippen MR) is 111 cm³/mol. The molecule has 6 nitrogen and oxygen atoms in total. The van der Waals surface area contributed by atoms with E-state index in [4.69, 9.17) is 5.73 Å². The normalized spacial score (nSPS) is 15.2. The third-order valence-electron chi connectivity index (χ3n) is 4.98. The van der Waals surface area contributed by atoms with Gasteiger partial charge >= 0.3 is 0 Å². The van der Waals surface area contributed by atoms with Crippen molar-refractivity contribution in [1.82, 2.24) is 10.2 Å². The molecule has 4 N–H and O–H groups in total. The Hall–Kier alpha value is -2.70. The third kappa shape index (κ3) is 5.90. The lowest BCUT2D eigenvalue weighted by atomic mass is 10.0. The molecule has 1 heterocycles. The van der Waals surface area contributed by atoms with E-state index in [1.807, 2.05) is 30.3 Å². The maximum Gasteiger partial charge on any atom is 0.251 e. The van der Waals surface area contributed by atoms with E-state index in [1.165, 1.54) is 12.8 Å². The van der Waals surface area contributed by atoms with Crippen LogP contribution in [0.4, 0.5) is 5.69 Å². The number of rotatable bonds is 8. The molecule has 1 unspecified atom stereocenters. The van der Waals surface area contributed by atoms with Crippen LogP contribution in [0.3, 0.4) is 0 Å². The number of benzene rings is 2. The van der Waals surface area contributed by atoms with Crippen LogP contribution in [0.15, 0.2) is 54.6 Å². The molecule has 0 spiro atoms. The number of hydrogen-bond donors (Lipinski definition) is 3. The molecular formula is C22H28N4O2. The van der Waals surface area contributed by atoms with Crippen LogP contribution < -0.4 is 16.4 Å². The molecule has 2 aromatic carbocycles. The summed E-state index contributed by atoms with van der Waals surface area (Å²) in [5, 5.41) is 5.78. The number of hydrogen-bond acceptors (Lipinski definition) is 4. The van der Waals surface area contributed by atoms with Gasteiger partial charge in [-0.25, -0.2) is 0 Å². The molecule has 0 radical (unpaired) electrons. The summed E-state index contributed by atoms with van der Waals surface area (Å²) in [5.41, 5.74) is 8.25. The Labute approximate surface area is 166 Å². The lowest BCUT2D eigenvalue weighted by Crippen LogP contribution is -2.33. The molecule has 2 amide bonds. The fourth-order valence-electron chi connectivity index (χ4n) is 3.37. The summed E-state index contributed by atoms with van der Waals surface area (Å²) < 4.78 is 0. The molecule has 1 saturated heterocycles. The zero-order valence-corrected chi connectivity index (χ0v) is 16.1. The van der Waals surface area contributed by atoms with E-state index in [1.54, 1.807) is 24.3 Å². The van der Waals surface area contributed by atoms with Gasteiger partial charge < -0.3 is 21.3 Å². The molecule has 1 fully saturated rings. The molecule has 0 bridgehead atoms. The van der Waals surface area contributed by atoms with Crippen LogP contribution in [-0.4, -0.2) is 42.9 Å². The van der Waals surface area contributed by atoms with Crippen molar-refractivity contribution in [3.05, 3.63) is 65.7 Å². The number of anilines is 1. The highest BCUT2D eigenvalue weighted by molar-refractivity contribution is 5.95. The first kappa shape index (κ1) is 20.0. The first-order chi connectivity index (χ1) is 13.6. The molecule has 28 heavy (non-hydrogen) atoms. The van der Waals surface area contributed by atoms with E-state index in [0.29, 0.717) is 17.8 Å². The van der Waals surface area contributed by atoms with Crippen molar-refractivity contribution in [3.63, 3.8) is 0 Å². The Morgan fingerprint density at radius 3 is 2.36 bits per heavy atom. The van der Waals surface area contributed by atoms with Crippen molar-refractivity contribution < 1.29 is 9.59 Å². The van der Waals surface area contributed by atoms with E-state index in [2.05, 4.69) is 15.5 Å². The van der Waals surface area contributed by atoms with E-state index in [9.17, 15) is 9.59 Å². The summed E-state index contributed by atoms with van der Waals surface area (Å²) in [5.74, 6) is -0.248. The second-order valence-electron chi connectivity index (χ2n) is 7.15. The number of carbonyl (C=O) groups excluding carboxylic acids is 2. The Morgan fingerprint density at radius 2 is 1.68 bits per heavy atom. The molecule has 148 valence electrons. The maximum atomic E-state index is 12.2. The first-order valence-electron chi connectivity index (χ1n) is 9.83. The van der Waals surface area contributed by atoms with Crippen molar-refractivity contribution in [2.45, 2.75) is 25.3 Å². The Kier molecular flexibility index (Phi) is 7.17. The van der Waals surface area contributed by atoms with Crippen molar-refractivity contribution in [2.24, 2.45) is 5.73 Å². The van der Waals surface area contributed by atoms with Gasteiger partial charge in [-0.2, -0.15) is 0 Å². The van der Waals surface area contributed by atoms with Gasteiger partial charge in [0.1, 0.15) is 0 Å².